The highest BCUT2D eigenvalue weighted by atomic mass is 32.1. The summed E-state index contributed by atoms with van der Waals surface area (Å²) in [4.78, 5) is 14.3. The number of amides is 1. The fraction of sp³-hybridized carbons (Fsp3) is 0.389. The number of fused-ring (bicyclic) bond motifs is 1. The number of nitrogens with zero attached hydrogens (tertiary/aromatic N) is 4. The third-order valence-electron chi connectivity index (χ3n) is 5.09. The largest absolute Gasteiger partial charge is 0.339 e. The first-order chi connectivity index (χ1) is 12.0. The first-order valence-electron chi connectivity index (χ1n) is 7.80. The average Bonchev–Trinajstić information content (AvgIpc) is 3.14. The van der Waals surface area contributed by atoms with Crippen molar-refractivity contribution in [3.63, 3.8) is 0 Å². The zero-order chi connectivity index (χ0) is 18.2. The van der Waals surface area contributed by atoms with Gasteiger partial charge < -0.3 is 10.3 Å². The summed E-state index contributed by atoms with van der Waals surface area (Å²) >= 11 is 1.43. The van der Waals surface area contributed by atoms with Crippen LogP contribution in [0, 0.1) is 56.7 Å². The van der Waals surface area contributed by atoms with Gasteiger partial charge in [-0.05, 0) is 17.0 Å². The molecule has 7 heteroatoms. The van der Waals surface area contributed by atoms with Crippen molar-refractivity contribution in [3.8, 4) is 18.2 Å². The van der Waals surface area contributed by atoms with Crippen LogP contribution in [0.4, 0.5) is 0 Å². The van der Waals surface area contributed by atoms with Crippen molar-refractivity contribution in [1.29, 1.82) is 21.2 Å². The number of carbonyl (C=O) groups is 1. The molecule has 124 valence electrons. The molecule has 3 atom stereocenters. The Morgan fingerprint density at radius 1 is 1.40 bits per heavy atom. The number of nitrogens with one attached hydrogen (secondary N) is 1. The van der Waals surface area contributed by atoms with Gasteiger partial charge >= 0.3 is 0 Å². The fourth-order valence-electron chi connectivity index (χ4n) is 3.84. The summed E-state index contributed by atoms with van der Waals surface area (Å²) in [7, 11) is 0. The maximum Gasteiger partial charge on any atom is 0.219 e. The lowest BCUT2D eigenvalue weighted by Gasteiger charge is -2.47. The molecule has 2 aliphatic rings. The fourth-order valence-corrected chi connectivity index (χ4v) is 4.80. The molecule has 2 heterocycles. The van der Waals surface area contributed by atoms with Crippen molar-refractivity contribution in [2.45, 2.75) is 12.8 Å². The van der Waals surface area contributed by atoms with E-state index in [2.05, 4.69) is 6.07 Å². The Balaban J connectivity index is 2.23. The third-order valence-corrected chi connectivity index (χ3v) is 6.04. The van der Waals surface area contributed by atoms with Gasteiger partial charge in [-0.15, -0.1) is 11.3 Å². The number of rotatable bonds is 1. The zero-order valence-corrected chi connectivity index (χ0v) is 14.4. The quantitative estimate of drug-likeness (QED) is 0.784. The van der Waals surface area contributed by atoms with Crippen molar-refractivity contribution in [2.75, 3.05) is 13.1 Å². The van der Waals surface area contributed by atoms with Gasteiger partial charge in [-0.2, -0.15) is 15.8 Å². The van der Waals surface area contributed by atoms with E-state index in [1.807, 2.05) is 35.7 Å². The van der Waals surface area contributed by atoms with Crippen molar-refractivity contribution in [2.24, 2.45) is 17.3 Å². The van der Waals surface area contributed by atoms with Gasteiger partial charge in [0, 0.05) is 36.7 Å². The number of carbonyl (C=O) groups excluding carboxylic acids is 1. The molecule has 1 amide bonds. The van der Waals surface area contributed by atoms with Crippen LogP contribution in [0.3, 0.4) is 0 Å². The minimum atomic E-state index is -1.70. The molecule has 1 aliphatic heterocycles. The van der Waals surface area contributed by atoms with Gasteiger partial charge in [0.1, 0.15) is 5.92 Å². The lowest BCUT2D eigenvalue weighted by Crippen LogP contribution is -2.53. The van der Waals surface area contributed by atoms with E-state index in [0.717, 1.165) is 10.5 Å². The van der Waals surface area contributed by atoms with Crippen LogP contribution in [-0.4, -0.2) is 29.6 Å². The Bertz CT molecular complexity index is 866. The smallest absolute Gasteiger partial charge is 0.219 e. The highest BCUT2D eigenvalue weighted by molar-refractivity contribution is 7.10. The summed E-state index contributed by atoms with van der Waals surface area (Å²) < 4.78 is 0. The van der Waals surface area contributed by atoms with Gasteiger partial charge in [0.15, 0.2) is 5.41 Å². The van der Waals surface area contributed by atoms with E-state index in [0.29, 0.717) is 13.1 Å². The van der Waals surface area contributed by atoms with Crippen LogP contribution >= 0.6 is 11.3 Å². The van der Waals surface area contributed by atoms with Gasteiger partial charge in [0.25, 0.3) is 0 Å². The van der Waals surface area contributed by atoms with E-state index in [1.165, 1.54) is 18.3 Å². The van der Waals surface area contributed by atoms with Gasteiger partial charge in [-0.25, -0.2) is 0 Å². The Morgan fingerprint density at radius 2 is 2.12 bits per heavy atom. The van der Waals surface area contributed by atoms with E-state index in [4.69, 9.17) is 5.41 Å². The molecule has 0 saturated heterocycles. The molecule has 1 fully saturated rings. The molecule has 1 unspecified atom stereocenters. The van der Waals surface area contributed by atoms with Crippen LogP contribution in [-0.2, 0) is 4.79 Å². The number of thiophene rings is 1. The zero-order valence-electron chi connectivity index (χ0n) is 13.6. The lowest BCUT2D eigenvalue weighted by atomic mass is 9.55. The van der Waals surface area contributed by atoms with Crippen molar-refractivity contribution < 1.29 is 4.79 Å². The Kier molecular flexibility index (Phi) is 4.17. The molecule has 1 aromatic rings. The van der Waals surface area contributed by atoms with E-state index >= 15 is 0 Å². The topological polar surface area (TPSA) is 116 Å². The van der Waals surface area contributed by atoms with Crippen LogP contribution < -0.4 is 0 Å². The van der Waals surface area contributed by atoms with Gasteiger partial charge in [0.2, 0.25) is 5.91 Å². The van der Waals surface area contributed by atoms with Gasteiger partial charge in [-0.3, -0.25) is 4.79 Å². The first-order valence-corrected chi connectivity index (χ1v) is 8.68. The van der Waals surface area contributed by atoms with E-state index in [1.54, 1.807) is 4.90 Å². The Labute approximate surface area is 149 Å². The second kappa shape index (κ2) is 6.16. The number of hydrogen-bond donors (Lipinski definition) is 1. The normalized spacial score (nSPS) is 27.3. The SMILES string of the molecule is CC(=O)N1CC=C2C(C#N)C(=N)C(C#N)(C#N)[C@@H](c3cccs3)[C@@H]2C1. The monoisotopic (exact) mass is 349 g/mol. The molecule has 1 saturated carbocycles. The highest BCUT2D eigenvalue weighted by Gasteiger charge is 2.58. The summed E-state index contributed by atoms with van der Waals surface area (Å²) in [6, 6.07) is 9.85. The first kappa shape index (κ1) is 16.9. The molecule has 6 nitrogen and oxygen atoms in total. The van der Waals surface area contributed by atoms with Crippen LogP contribution in [0.2, 0.25) is 0 Å². The van der Waals surface area contributed by atoms with E-state index in [9.17, 15) is 20.6 Å². The van der Waals surface area contributed by atoms with Crippen molar-refractivity contribution in [3.05, 3.63) is 34.0 Å². The molecule has 1 aliphatic carbocycles. The molecule has 1 aromatic heterocycles. The Morgan fingerprint density at radius 3 is 2.64 bits per heavy atom. The van der Waals surface area contributed by atoms with Crippen LogP contribution in [0.1, 0.15) is 17.7 Å². The molecule has 3 rings (SSSR count). The second-order valence-corrected chi connectivity index (χ2v) is 7.21. The maximum atomic E-state index is 11.8. The molecule has 0 bridgehead atoms. The van der Waals surface area contributed by atoms with E-state index < -0.39 is 17.3 Å². The van der Waals surface area contributed by atoms with Crippen LogP contribution in [0.25, 0.3) is 0 Å². The summed E-state index contributed by atoms with van der Waals surface area (Å²) in [5, 5.41) is 39.6. The Hall–Kier alpha value is -2.95. The molecule has 1 N–H and O–H groups in total. The summed E-state index contributed by atoms with van der Waals surface area (Å²) in [5.74, 6) is -1.87. The number of hydrogen-bond acceptors (Lipinski definition) is 6. The van der Waals surface area contributed by atoms with Crippen molar-refractivity contribution >= 4 is 23.0 Å². The summed E-state index contributed by atoms with van der Waals surface area (Å²) in [5.41, 5.74) is -1.10. The number of nitriles is 3. The molecular formula is C18H15N5OS. The second-order valence-electron chi connectivity index (χ2n) is 6.24. The minimum absolute atomic E-state index is 0.0890. The molecule has 25 heavy (non-hydrogen) atoms. The summed E-state index contributed by atoms with van der Waals surface area (Å²) in [6.45, 7) is 2.21. The maximum absolute atomic E-state index is 11.8. The predicted molar refractivity (Wildman–Crippen MR) is 91.4 cm³/mol. The molecule has 0 spiro atoms. The highest BCUT2D eigenvalue weighted by Crippen LogP contribution is 2.54. The van der Waals surface area contributed by atoms with Crippen molar-refractivity contribution in [1.82, 2.24) is 4.90 Å². The lowest BCUT2D eigenvalue weighted by molar-refractivity contribution is -0.129. The van der Waals surface area contributed by atoms with Gasteiger partial charge in [-0.1, -0.05) is 12.1 Å². The van der Waals surface area contributed by atoms with Crippen LogP contribution in [0.5, 0.6) is 0 Å². The third kappa shape index (κ3) is 2.35. The predicted octanol–water partition coefficient (Wildman–Crippen LogP) is 2.44. The molecule has 0 radical (unpaired) electrons. The standard InChI is InChI=1S/C18H15N5OS/c1-11(24)23-5-4-12-13(7-19)17(22)18(9-20,10-21)16(14(12)8-23)15-3-2-6-25-15/h2-4,6,13-14,16,22H,5,8H2,1H3/t13?,14-,16-/m1/s1. The van der Waals surface area contributed by atoms with Gasteiger partial charge in [0.05, 0.1) is 23.9 Å². The molecular weight excluding hydrogens is 334 g/mol. The van der Waals surface area contributed by atoms with E-state index in [-0.39, 0.29) is 17.5 Å². The van der Waals surface area contributed by atoms with Crippen LogP contribution in [0.15, 0.2) is 29.2 Å². The average molecular weight is 349 g/mol. The summed E-state index contributed by atoms with van der Waals surface area (Å²) in [6.07, 6.45) is 1.82. The minimum Gasteiger partial charge on any atom is -0.339 e. The molecule has 0 aromatic carbocycles.